The number of carbonyl (C=O) groups is 1. The van der Waals surface area contributed by atoms with E-state index in [1.54, 1.807) is 4.90 Å². The van der Waals surface area contributed by atoms with Crippen molar-refractivity contribution in [1.82, 2.24) is 4.90 Å². The molecule has 0 aliphatic carbocycles. The molecule has 32 heavy (non-hydrogen) atoms. The number of hydrogen-bond donors (Lipinski definition) is 0. The van der Waals surface area contributed by atoms with Crippen molar-refractivity contribution in [2.45, 2.75) is 25.5 Å². The van der Waals surface area contributed by atoms with E-state index in [9.17, 15) is 14.0 Å². The third-order valence-electron chi connectivity index (χ3n) is 5.88. The number of halogens is 1. The number of amides is 1. The zero-order chi connectivity index (χ0) is 22.1. The van der Waals surface area contributed by atoms with E-state index in [2.05, 4.69) is 0 Å². The molecule has 1 aliphatic heterocycles. The maximum Gasteiger partial charge on any atom is 0.290 e. The van der Waals surface area contributed by atoms with Crippen molar-refractivity contribution < 1.29 is 18.3 Å². The van der Waals surface area contributed by atoms with Crippen LogP contribution in [0.2, 0.25) is 0 Å². The molecule has 3 aromatic carbocycles. The number of ether oxygens (including phenoxy) is 1. The molecule has 5 nitrogen and oxygen atoms in total. The topological polar surface area (TPSA) is 59.8 Å². The summed E-state index contributed by atoms with van der Waals surface area (Å²) in [5.74, 6) is -0.982. The van der Waals surface area contributed by atoms with Gasteiger partial charge in [-0.15, -0.1) is 0 Å². The van der Waals surface area contributed by atoms with E-state index < -0.39 is 17.2 Å². The number of benzene rings is 3. The number of nitrogens with zero attached hydrogens (tertiary/aromatic N) is 1. The molecule has 2 heterocycles. The van der Waals surface area contributed by atoms with Gasteiger partial charge in [-0.2, -0.15) is 0 Å². The van der Waals surface area contributed by atoms with Crippen LogP contribution in [0.15, 0.2) is 75.9 Å². The summed E-state index contributed by atoms with van der Waals surface area (Å²) in [6, 6.07) is 18.9. The molecule has 0 N–H and O–H groups in total. The van der Waals surface area contributed by atoms with Crippen molar-refractivity contribution in [3.63, 3.8) is 0 Å². The zero-order valence-corrected chi connectivity index (χ0v) is 17.4. The van der Waals surface area contributed by atoms with Crippen molar-refractivity contribution in [3.05, 3.63) is 94.1 Å². The van der Waals surface area contributed by atoms with Gasteiger partial charge in [0.15, 0.2) is 11.2 Å². The van der Waals surface area contributed by atoms with Crippen LogP contribution in [0.4, 0.5) is 4.39 Å². The van der Waals surface area contributed by atoms with E-state index in [0.29, 0.717) is 19.7 Å². The lowest BCUT2D eigenvalue weighted by atomic mass is 10.0. The average Bonchev–Trinajstić information content (AvgIpc) is 3.32. The predicted octanol–water partition coefficient (Wildman–Crippen LogP) is 4.91. The minimum atomic E-state index is -0.528. The van der Waals surface area contributed by atoms with E-state index in [1.807, 2.05) is 42.5 Å². The lowest BCUT2D eigenvalue weighted by molar-refractivity contribution is 0.0485. The number of carbonyl (C=O) groups excluding carboxylic acids is 1. The third kappa shape index (κ3) is 4.01. The molecule has 1 unspecified atom stereocenters. The monoisotopic (exact) mass is 431 g/mol. The summed E-state index contributed by atoms with van der Waals surface area (Å²) in [6.07, 6.45) is 1.77. The van der Waals surface area contributed by atoms with E-state index in [1.165, 1.54) is 12.1 Å². The summed E-state index contributed by atoms with van der Waals surface area (Å²) in [6.45, 7) is 1.43. The van der Waals surface area contributed by atoms with Crippen LogP contribution < -0.4 is 5.43 Å². The van der Waals surface area contributed by atoms with Crippen LogP contribution in [0.25, 0.3) is 21.7 Å². The lowest BCUT2D eigenvalue weighted by Crippen LogP contribution is -2.37. The molecule has 1 aromatic heterocycles. The Kier molecular flexibility index (Phi) is 5.45. The highest BCUT2D eigenvalue weighted by molar-refractivity contribution is 5.94. The van der Waals surface area contributed by atoms with Crippen LogP contribution in [0, 0.1) is 5.82 Å². The van der Waals surface area contributed by atoms with Crippen LogP contribution in [-0.4, -0.2) is 30.1 Å². The highest BCUT2D eigenvalue weighted by Crippen LogP contribution is 2.23. The Hall–Kier alpha value is -3.51. The van der Waals surface area contributed by atoms with Gasteiger partial charge >= 0.3 is 0 Å². The number of rotatable bonds is 5. The van der Waals surface area contributed by atoms with E-state index >= 15 is 0 Å². The molecular weight excluding hydrogens is 409 g/mol. The Morgan fingerprint density at radius 3 is 2.72 bits per heavy atom. The molecule has 0 spiro atoms. The maximum atomic E-state index is 13.5. The van der Waals surface area contributed by atoms with Gasteiger partial charge in [-0.3, -0.25) is 9.59 Å². The predicted molar refractivity (Wildman–Crippen MR) is 120 cm³/mol. The molecule has 0 radical (unpaired) electrons. The van der Waals surface area contributed by atoms with E-state index in [-0.39, 0.29) is 22.8 Å². The summed E-state index contributed by atoms with van der Waals surface area (Å²) in [4.78, 5) is 27.7. The molecule has 5 rings (SSSR count). The Balaban J connectivity index is 1.52. The Morgan fingerprint density at radius 2 is 1.88 bits per heavy atom. The normalized spacial score (nSPS) is 16.0. The molecule has 4 aromatic rings. The van der Waals surface area contributed by atoms with Gasteiger partial charge in [-0.25, -0.2) is 4.39 Å². The minimum Gasteiger partial charge on any atom is -0.451 e. The molecule has 1 saturated heterocycles. The highest BCUT2D eigenvalue weighted by atomic mass is 19.1. The first-order valence-corrected chi connectivity index (χ1v) is 10.7. The van der Waals surface area contributed by atoms with Gasteiger partial charge in [-0.05, 0) is 47.4 Å². The standard InChI is InChI=1S/C26H22FNO4/c27-19-10-11-24-22(13-19)23(29)14-25(32-24)26(30)28(16-20-8-4-12-31-20)15-18-7-3-6-17-5-1-2-9-21(17)18/h1-3,5-7,9-11,13-14,20H,4,8,12,15-16H2. The Morgan fingerprint density at radius 1 is 1.03 bits per heavy atom. The molecule has 0 saturated carbocycles. The van der Waals surface area contributed by atoms with Gasteiger partial charge < -0.3 is 14.1 Å². The molecule has 1 fully saturated rings. The minimum absolute atomic E-state index is 0.0600. The summed E-state index contributed by atoms with van der Waals surface area (Å²) in [5, 5.41) is 2.27. The summed E-state index contributed by atoms with van der Waals surface area (Å²) < 4.78 is 25.0. The van der Waals surface area contributed by atoms with Crippen LogP contribution in [0.3, 0.4) is 0 Å². The first-order chi connectivity index (χ1) is 15.6. The van der Waals surface area contributed by atoms with Crippen molar-refractivity contribution in [1.29, 1.82) is 0 Å². The second-order valence-corrected chi connectivity index (χ2v) is 8.07. The van der Waals surface area contributed by atoms with Crippen molar-refractivity contribution in [2.75, 3.05) is 13.2 Å². The summed E-state index contributed by atoms with van der Waals surface area (Å²) in [5.41, 5.74) is 0.737. The third-order valence-corrected chi connectivity index (χ3v) is 5.88. The molecule has 1 amide bonds. The Bertz CT molecular complexity index is 1350. The van der Waals surface area contributed by atoms with Crippen LogP contribution in [-0.2, 0) is 11.3 Å². The molecule has 6 heteroatoms. The SMILES string of the molecule is O=C(c1cc(=O)c2cc(F)ccc2o1)N(Cc1cccc2ccccc12)CC1CCCO1. The lowest BCUT2D eigenvalue weighted by Gasteiger charge is -2.25. The second-order valence-electron chi connectivity index (χ2n) is 8.07. The first kappa shape index (κ1) is 20.4. The molecule has 1 atom stereocenters. The highest BCUT2D eigenvalue weighted by Gasteiger charge is 2.26. The molecule has 162 valence electrons. The number of hydrogen-bond acceptors (Lipinski definition) is 4. The smallest absolute Gasteiger partial charge is 0.290 e. The van der Waals surface area contributed by atoms with Gasteiger partial charge in [0.2, 0.25) is 0 Å². The second kappa shape index (κ2) is 8.55. The number of fused-ring (bicyclic) bond motifs is 2. The molecule has 1 aliphatic rings. The van der Waals surface area contributed by atoms with Gasteiger partial charge in [0.25, 0.3) is 5.91 Å². The molecule has 0 bridgehead atoms. The fraction of sp³-hybridized carbons (Fsp3) is 0.231. The maximum absolute atomic E-state index is 13.5. The van der Waals surface area contributed by atoms with Gasteiger partial charge in [0, 0.05) is 25.8 Å². The van der Waals surface area contributed by atoms with E-state index in [0.717, 1.165) is 41.3 Å². The zero-order valence-electron chi connectivity index (χ0n) is 17.4. The fourth-order valence-corrected chi connectivity index (χ4v) is 4.28. The molecular formula is C26H22FNO4. The van der Waals surface area contributed by atoms with Crippen molar-refractivity contribution in [2.24, 2.45) is 0 Å². The van der Waals surface area contributed by atoms with Gasteiger partial charge in [0.05, 0.1) is 11.5 Å². The van der Waals surface area contributed by atoms with Crippen LogP contribution in [0.1, 0.15) is 29.0 Å². The Labute approximate surface area is 184 Å². The van der Waals surface area contributed by atoms with E-state index in [4.69, 9.17) is 9.15 Å². The van der Waals surface area contributed by atoms with Crippen molar-refractivity contribution >= 4 is 27.6 Å². The quantitative estimate of drug-likeness (QED) is 0.451. The van der Waals surface area contributed by atoms with Gasteiger partial charge in [-0.1, -0.05) is 42.5 Å². The van der Waals surface area contributed by atoms with Gasteiger partial charge in [0.1, 0.15) is 11.4 Å². The fourth-order valence-electron chi connectivity index (χ4n) is 4.28. The van der Waals surface area contributed by atoms with Crippen LogP contribution >= 0.6 is 0 Å². The largest absolute Gasteiger partial charge is 0.451 e. The summed E-state index contributed by atoms with van der Waals surface area (Å²) in [7, 11) is 0. The van der Waals surface area contributed by atoms with Crippen molar-refractivity contribution in [3.8, 4) is 0 Å². The summed E-state index contributed by atoms with van der Waals surface area (Å²) >= 11 is 0. The van der Waals surface area contributed by atoms with Crippen LogP contribution in [0.5, 0.6) is 0 Å². The first-order valence-electron chi connectivity index (χ1n) is 10.7. The average molecular weight is 431 g/mol.